The lowest BCUT2D eigenvalue weighted by atomic mass is 9.80. The first-order chi connectivity index (χ1) is 16.4. The first kappa shape index (κ1) is 27.9. The largest absolute Gasteiger partial charge is 0.504 e. The first-order valence-electron chi connectivity index (χ1n) is 13.6. The second kappa shape index (κ2) is 13.5. The number of ketones is 1. The molecule has 0 unspecified atom stereocenters. The van der Waals surface area contributed by atoms with E-state index in [9.17, 15) is 9.90 Å². The molecule has 2 nitrogen and oxygen atoms in total. The van der Waals surface area contributed by atoms with Crippen LogP contribution in [0.5, 0.6) is 0 Å². The van der Waals surface area contributed by atoms with Gasteiger partial charge in [0.05, 0.1) is 0 Å². The molecular formula is C32H46O2. The van der Waals surface area contributed by atoms with E-state index in [2.05, 4.69) is 84.9 Å². The van der Waals surface area contributed by atoms with E-state index in [-0.39, 0.29) is 11.5 Å². The maximum atomic E-state index is 13.9. The average Bonchev–Trinajstić information content (AvgIpc) is 2.86. The molecule has 2 aromatic carbocycles. The lowest BCUT2D eigenvalue weighted by Gasteiger charge is -2.23. The highest BCUT2D eigenvalue weighted by atomic mass is 16.3. The predicted molar refractivity (Wildman–Crippen MR) is 147 cm³/mol. The molecule has 0 saturated carbocycles. The molecule has 0 saturated heterocycles. The molecule has 2 aromatic rings. The third kappa shape index (κ3) is 6.20. The molecule has 2 heteroatoms. The minimum atomic E-state index is -0.234. The summed E-state index contributed by atoms with van der Waals surface area (Å²) < 4.78 is 0. The number of hydrogen-bond donors (Lipinski definition) is 1. The van der Waals surface area contributed by atoms with Gasteiger partial charge in [0.2, 0.25) is 5.78 Å². The maximum Gasteiger partial charge on any atom is 0.227 e. The summed E-state index contributed by atoms with van der Waals surface area (Å²) in [5, 5.41) is 11.3. The lowest BCUT2D eigenvalue weighted by Crippen LogP contribution is -2.15. The molecule has 0 atom stereocenters. The monoisotopic (exact) mass is 462 g/mol. The zero-order valence-corrected chi connectivity index (χ0v) is 22.6. The van der Waals surface area contributed by atoms with Crippen LogP contribution < -0.4 is 0 Å². The van der Waals surface area contributed by atoms with Crippen molar-refractivity contribution in [2.24, 2.45) is 0 Å². The van der Waals surface area contributed by atoms with Crippen molar-refractivity contribution in [3.05, 3.63) is 75.5 Å². The van der Waals surface area contributed by atoms with Gasteiger partial charge in [-0.25, -0.2) is 0 Å². The first-order valence-corrected chi connectivity index (χ1v) is 13.6. The van der Waals surface area contributed by atoms with Gasteiger partial charge in [-0.2, -0.15) is 0 Å². The van der Waals surface area contributed by atoms with Crippen molar-refractivity contribution >= 4 is 11.9 Å². The number of Topliss-reactive ketones (excluding diaryl/α,β-unsaturated/α-hetero) is 1. The fraction of sp³-hybridized carbons (Fsp3) is 0.531. The Labute approximate surface area is 208 Å². The Morgan fingerprint density at radius 2 is 1.21 bits per heavy atom. The van der Waals surface area contributed by atoms with Gasteiger partial charge in [0.15, 0.2) is 5.76 Å². The lowest BCUT2D eigenvalue weighted by molar-refractivity contribution is 0.0977. The number of carbonyl (C=O) groups is 1. The highest BCUT2D eigenvalue weighted by Gasteiger charge is 2.26. The number of aliphatic hydroxyl groups is 1. The molecule has 0 spiro atoms. The predicted octanol–water partition coefficient (Wildman–Crippen LogP) is 9.74. The molecule has 2 rings (SSSR count). The number of benzene rings is 2. The van der Waals surface area contributed by atoms with E-state index in [0.29, 0.717) is 17.8 Å². The maximum absolute atomic E-state index is 13.9. The second-order valence-electron chi connectivity index (χ2n) is 9.53. The van der Waals surface area contributed by atoms with Gasteiger partial charge < -0.3 is 5.11 Å². The van der Waals surface area contributed by atoms with E-state index in [1.807, 2.05) is 0 Å². The molecule has 0 aliphatic heterocycles. The zero-order chi connectivity index (χ0) is 25.3. The fourth-order valence-electron chi connectivity index (χ4n) is 5.40. The molecule has 0 aromatic heterocycles. The van der Waals surface area contributed by atoms with E-state index in [1.165, 1.54) is 11.1 Å². The van der Waals surface area contributed by atoms with Crippen molar-refractivity contribution in [1.82, 2.24) is 0 Å². The topological polar surface area (TPSA) is 37.3 Å². The quantitative estimate of drug-likeness (QED) is 0.183. The molecule has 0 aliphatic rings. The summed E-state index contributed by atoms with van der Waals surface area (Å²) in [5.41, 5.74) is 6.31. The summed E-state index contributed by atoms with van der Waals surface area (Å²) in [6, 6.07) is 12.8. The van der Waals surface area contributed by atoms with E-state index < -0.39 is 0 Å². The third-order valence-corrected chi connectivity index (χ3v) is 7.72. The van der Waals surface area contributed by atoms with Crippen molar-refractivity contribution in [3.8, 4) is 0 Å². The minimum Gasteiger partial charge on any atom is -0.504 e. The summed E-state index contributed by atoms with van der Waals surface area (Å²) in [6.07, 6.45) is 8.64. The van der Waals surface area contributed by atoms with Crippen LogP contribution in [0.25, 0.3) is 6.08 Å². The van der Waals surface area contributed by atoms with Gasteiger partial charge in [-0.1, -0.05) is 84.9 Å². The smallest absolute Gasteiger partial charge is 0.227 e. The molecule has 0 aliphatic carbocycles. The van der Waals surface area contributed by atoms with Gasteiger partial charge in [0, 0.05) is 5.56 Å². The van der Waals surface area contributed by atoms with Crippen LogP contribution in [0.3, 0.4) is 0 Å². The van der Waals surface area contributed by atoms with Crippen LogP contribution in [0.1, 0.15) is 143 Å². The minimum absolute atomic E-state index is 0.147. The van der Waals surface area contributed by atoms with Crippen molar-refractivity contribution in [3.63, 3.8) is 0 Å². The van der Waals surface area contributed by atoms with Crippen LogP contribution in [0.4, 0.5) is 0 Å². The Bertz CT molecular complexity index is 927. The summed E-state index contributed by atoms with van der Waals surface area (Å²) in [5.74, 6) is 0.652. The van der Waals surface area contributed by atoms with Crippen LogP contribution >= 0.6 is 0 Å². The van der Waals surface area contributed by atoms with Gasteiger partial charge in [-0.15, -0.1) is 0 Å². The van der Waals surface area contributed by atoms with Gasteiger partial charge in [-0.05, 0) is 96.6 Å². The molecule has 0 fully saturated rings. The Morgan fingerprint density at radius 3 is 1.65 bits per heavy atom. The summed E-state index contributed by atoms with van der Waals surface area (Å²) in [6.45, 7) is 15.3. The number of rotatable bonds is 13. The van der Waals surface area contributed by atoms with Crippen molar-refractivity contribution in [1.29, 1.82) is 0 Å². The van der Waals surface area contributed by atoms with Crippen molar-refractivity contribution < 1.29 is 9.90 Å². The zero-order valence-electron chi connectivity index (χ0n) is 22.6. The molecular weight excluding hydrogens is 416 g/mol. The summed E-state index contributed by atoms with van der Waals surface area (Å²) >= 11 is 0. The number of aryl methyl sites for hydroxylation is 1. The standard InChI is InChI=1S/C32H46O2/c1-8-22-18-19-27(23(9-2)10-3)26(20-22)21-30(33)32(34)31-28(24(11-4)12-5)16-15-17-29(31)25(13-6)14-7/h15-21,23-25,33H,8-14H2,1-7H3/b30-21-. The van der Waals surface area contributed by atoms with Crippen LogP contribution in [0.15, 0.2) is 42.2 Å². The molecule has 186 valence electrons. The van der Waals surface area contributed by atoms with Crippen LogP contribution in [-0.4, -0.2) is 10.9 Å². The normalized spacial score (nSPS) is 12.2. The number of allylic oxidation sites excluding steroid dienone is 1. The number of aliphatic hydroxyl groups excluding tert-OH is 1. The molecule has 0 bridgehead atoms. The number of carbonyl (C=O) groups excluding carboxylic acids is 1. The SMILES string of the molecule is CCc1ccc(C(CC)CC)c(/C=C(\O)C(=O)c2c(C(CC)CC)cccc2C(CC)CC)c1. The van der Waals surface area contributed by atoms with Gasteiger partial charge in [0.25, 0.3) is 0 Å². The van der Waals surface area contributed by atoms with Gasteiger partial charge >= 0.3 is 0 Å². The van der Waals surface area contributed by atoms with Crippen molar-refractivity contribution in [2.75, 3.05) is 0 Å². The number of hydrogen-bond acceptors (Lipinski definition) is 2. The van der Waals surface area contributed by atoms with E-state index >= 15 is 0 Å². The summed E-state index contributed by atoms with van der Waals surface area (Å²) in [7, 11) is 0. The molecule has 34 heavy (non-hydrogen) atoms. The van der Waals surface area contributed by atoms with Crippen LogP contribution in [-0.2, 0) is 6.42 Å². The highest BCUT2D eigenvalue weighted by molar-refractivity contribution is 6.11. The Hall–Kier alpha value is -2.35. The molecule has 0 heterocycles. The van der Waals surface area contributed by atoms with Crippen LogP contribution in [0, 0.1) is 0 Å². The average molecular weight is 463 g/mol. The second-order valence-corrected chi connectivity index (χ2v) is 9.53. The van der Waals surface area contributed by atoms with E-state index in [4.69, 9.17) is 0 Å². The summed E-state index contributed by atoms with van der Waals surface area (Å²) in [4.78, 5) is 13.9. The van der Waals surface area contributed by atoms with Gasteiger partial charge in [-0.3, -0.25) is 4.79 Å². The fourth-order valence-corrected chi connectivity index (χ4v) is 5.40. The Kier molecular flexibility index (Phi) is 11.1. The van der Waals surface area contributed by atoms with E-state index in [0.717, 1.165) is 67.2 Å². The third-order valence-electron chi connectivity index (χ3n) is 7.72. The molecule has 0 radical (unpaired) electrons. The van der Waals surface area contributed by atoms with E-state index in [1.54, 1.807) is 6.08 Å². The Balaban J connectivity index is 2.70. The highest BCUT2D eigenvalue weighted by Crippen LogP contribution is 2.36. The Morgan fingerprint density at radius 1 is 0.735 bits per heavy atom. The van der Waals surface area contributed by atoms with Crippen molar-refractivity contribution in [2.45, 2.75) is 111 Å². The molecule has 0 amide bonds. The van der Waals surface area contributed by atoms with Crippen LogP contribution in [0.2, 0.25) is 0 Å². The molecule has 1 N–H and O–H groups in total. The van der Waals surface area contributed by atoms with Gasteiger partial charge in [0.1, 0.15) is 0 Å².